The molecule has 0 saturated heterocycles. The normalized spacial score (nSPS) is 9.92. The van der Waals surface area contributed by atoms with Crippen LogP contribution < -0.4 is 24.8 Å². The Kier molecular flexibility index (Phi) is 5.84. The Morgan fingerprint density at radius 3 is 2.00 bits per heavy atom. The highest BCUT2D eigenvalue weighted by atomic mass is 16.5. The fraction of sp³-hybridized carbons (Fsp3) is 0.222. The molecule has 0 atom stereocenters. The van der Waals surface area contributed by atoms with Crippen LogP contribution in [0.15, 0.2) is 36.4 Å². The molecule has 7 heteroatoms. The van der Waals surface area contributed by atoms with Crippen LogP contribution in [0.2, 0.25) is 0 Å². The second-order valence-corrected chi connectivity index (χ2v) is 5.18. The van der Waals surface area contributed by atoms with E-state index >= 15 is 0 Å². The van der Waals surface area contributed by atoms with E-state index in [0.717, 1.165) is 5.56 Å². The first kappa shape index (κ1) is 18.1. The van der Waals surface area contributed by atoms with Crippen LogP contribution in [0.3, 0.4) is 0 Å². The highest BCUT2D eigenvalue weighted by Gasteiger charge is 2.18. The first-order valence-electron chi connectivity index (χ1n) is 7.47. The average molecular weight is 344 g/mol. The maximum Gasteiger partial charge on any atom is 0.314 e. The quantitative estimate of drug-likeness (QED) is 0.814. The lowest BCUT2D eigenvalue weighted by Gasteiger charge is -2.13. The lowest BCUT2D eigenvalue weighted by molar-refractivity contribution is -0.133. The lowest BCUT2D eigenvalue weighted by atomic mass is 10.2. The molecule has 0 radical (unpaired) electrons. The molecule has 0 fully saturated rings. The van der Waals surface area contributed by atoms with Crippen molar-refractivity contribution in [2.24, 2.45) is 0 Å². The number of benzene rings is 2. The molecule has 0 heterocycles. The van der Waals surface area contributed by atoms with Gasteiger partial charge in [0, 0.05) is 6.07 Å². The van der Waals surface area contributed by atoms with Crippen molar-refractivity contribution in [3.05, 3.63) is 42.0 Å². The Labute approximate surface area is 145 Å². The summed E-state index contributed by atoms with van der Waals surface area (Å²) in [7, 11) is 4.47. The van der Waals surface area contributed by atoms with Crippen LogP contribution in [0.25, 0.3) is 0 Å². The van der Waals surface area contributed by atoms with Crippen LogP contribution in [-0.4, -0.2) is 33.1 Å². The van der Waals surface area contributed by atoms with Gasteiger partial charge in [-0.15, -0.1) is 0 Å². The van der Waals surface area contributed by atoms with E-state index in [1.54, 1.807) is 30.3 Å². The lowest BCUT2D eigenvalue weighted by Crippen LogP contribution is -2.29. The maximum atomic E-state index is 12.2. The molecule has 2 aromatic carbocycles. The Morgan fingerprint density at radius 2 is 1.40 bits per heavy atom. The summed E-state index contributed by atoms with van der Waals surface area (Å²) in [6, 6.07) is 10.1. The Hall–Kier alpha value is -3.22. The number of ether oxygens (including phenoxy) is 3. The number of hydrogen-bond acceptors (Lipinski definition) is 5. The number of aryl methyl sites for hydroxylation is 1. The van der Waals surface area contributed by atoms with Crippen LogP contribution in [0.5, 0.6) is 17.2 Å². The minimum Gasteiger partial charge on any atom is -0.497 e. The predicted molar refractivity (Wildman–Crippen MR) is 94.5 cm³/mol. The van der Waals surface area contributed by atoms with Gasteiger partial charge in [-0.05, 0) is 36.8 Å². The first-order valence-corrected chi connectivity index (χ1v) is 7.47. The van der Waals surface area contributed by atoms with Gasteiger partial charge in [0.05, 0.1) is 32.7 Å². The predicted octanol–water partition coefficient (Wildman–Crippen LogP) is 2.60. The van der Waals surface area contributed by atoms with Crippen molar-refractivity contribution in [3.8, 4) is 17.2 Å². The van der Waals surface area contributed by atoms with Gasteiger partial charge < -0.3 is 24.8 Å². The van der Waals surface area contributed by atoms with Crippen molar-refractivity contribution in [3.63, 3.8) is 0 Å². The number of carbonyl (C=O) groups excluding carboxylic acids is 2. The molecule has 2 rings (SSSR count). The van der Waals surface area contributed by atoms with Gasteiger partial charge >= 0.3 is 11.8 Å². The number of amides is 2. The smallest absolute Gasteiger partial charge is 0.314 e. The van der Waals surface area contributed by atoms with E-state index in [2.05, 4.69) is 10.6 Å². The molecular weight excluding hydrogens is 324 g/mol. The summed E-state index contributed by atoms with van der Waals surface area (Å²) in [5, 5.41) is 5.05. The molecule has 0 bridgehead atoms. The van der Waals surface area contributed by atoms with Gasteiger partial charge in [-0.1, -0.05) is 6.07 Å². The van der Waals surface area contributed by atoms with Crippen LogP contribution in [0.1, 0.15) is 5.56 Å². The fourth-order valence-corrected chi connectivity index (χ4v) is 2.18. The van der Waals surface area contributed by atoms with E-state index in [4.69, 9.17) is 14.2 Å². The largest absolute Gasteiger partial charge is 0.497 e. The number of nitrogens with one attached hydrogen (secondary N) is 2. The molecule has 2 amide bonds. The molecule has 132 valence electrons. The van der Waals surface area contributed by atoms with Crippen molar-refractivity contribution < 1.29 is 23.8 Å². The van der Waals surface area contributed by atoms with Gasteiger partial charge in [-0.3, -0.25) is 9.59 Å². The molecule has 0 spiro atoms. The second-order valence-electron chi connectivity index (χ2n) is 5.18. The molecule has 2 N–H and O–H groups in total. The van der Waals surface area contributed by atoms with Crippen LogP contribution in [0.4, 0.5) is 11.4 Å². The van der Waals surface area contributed by atoms with Gasteiger partial charge in [0.1, 0.15) is 17.2 Å². The Bertz CT molecular complexity index is 789. The van der Waals surface area contributed by atoms with Gasteiger partial charge in [-0.2, -0.15) is 0 Å². The fourth-order valence-electron chi connectivity index (χ4n) is 2.18. The first-order chi connectivity index (χ1) is 12.0. The standard InChI is InChI=1S/C18H20N2O5/c1-11-5-8-15(24-3)14(9-11)20-18(22)17(21)19-13-7-6-12(23-2)10-16(13)25-4/h5-10H,1-4H3,(H,19,21)(H,20,22). The molecule has 0 aliphatic heterocycles. The zero-order valence-corrected chi connectivity index (χ0v) is 14.5. The summed E-state index contributed by atoms with van der Waals surface area (Å²) < 4.78 is 15.5. The third-order valence-electron chi connectivity index (χ3n) is 3.47. The van der Waals surface area contributed by atoms with E-state index < -0.39 is 11.8 Å². The summed E-state index contributed by atoms with van der Waals surface area (Å²) in [5.41, 5.74) is 1.71. The van der Waals surface area contributed by atoms with Gasteiger partial charge in [0.15, 0.2) is 0 Å². The summed E-state index contributed by atoms with van der Waals surface area (Å²) in [6.07, 6.45) is 0. The van der Waals surface area contributed by atoms with Gasteiger partial charge in [0.25, 0.3) is 0 Å². The summed E-state index contributed by atoms with van der Waals surface area (Å²) >= 11 is 0. The summed E-state index contributed by atoms with van der Waals surface area (Å²) in [5.74, 6) is -0.222. The van der Waals surface area contributed by atoms with E-state index in [1.165, 1.54) is 21.3 Å². The molecule has 0 saturated carbocycles. The molecular formula is C18H20N2O5. The minimum absolute atomic E-state index is 0.361. The van der Waals surface area contributed by atoms with Crippen LogP contribution in [-0.2, 0) is 9.59 Å². The monoisotopic (exact) mass is 344 g/mol. The molecule has 0 aromatic heterocycles. The van der Waals surface area contributed by atoms with Crippen LogP contribution in [0, 0.1) is 6.92 Å². The van der Waals surface area contributed by atoms with Gasteiger partial charge in [-0.25, -0.2) is 0 Å². The minimum atomic E-state index is -0.827. The number of rotatable bonds is 5. The van der Waals surface area contributed by atoms with E-state index in [9.17, 15) is 9.59 Å². The second kappa shape index (κ2) is 8.05. The van der Waals surface area contributed by atoms with Crippen LogP contribution >= 0.6 is 0 Å². The molecule has 7 nitrogen and oxygen atoms in total. The average Bonchev–Trinajstić information content (AvgIpc) is 2.62. The topological polar surface area (TPSA) is 85.9 Å². The number of hydrogen-bond donors (Lipinski definition) is 2. The molecule has 2 aromatic rings. The number of anilines is 2. The van der Waals surface area contributed by atoms with Gasteiger partial charge in [0.2, 0.25) is 0 Å². The van der Waals surface area contributed by atoms with E-state index in [0.29, 0.717) is 28.6 Å². The zero-order valence-electron chi connectivity index (χ0n) is 14.5. The summed E-state index contributed by atoms with van der Waals surface area (Å²) in [4.78, 5) is 24.3. The van der Waals surface area contributed by atoms with Crippen molar-refractivity contribution in [1.29, 1.82) is 0 Å². The third kappa shape index (κ3) is 4.41. The number of carbonyl (C=O) groups is 2. The van der Waals surface area contributed by atoms with Crippen molar-refractivity contribution in [2.75, 3.05) is 32.0 Å². The van der Waals surface area contributed by atoms with Crippen molar-refractivity contribution in [2.45, 2.75) is 6.92 Å². The summed E-state index contributed by atoms with van der Waals surface area (Å²) in [6.45, 7) is 1.87. The third-order valence-corrected chi connectivity index (χ3v) is 3.47. The molecule has 25 heavy (non-hydrogen) atoms. The Balaban J connectivity index is 2.14. The highest BCUT2D eigenvalue weighted by Crippen LogP contribution is 2.29. The van der Waals surface area contributed by atoms with Crippen molar-refractivity contribution >= 4 is 23.2 Å². The highest BCUT2D eigenvalue weighted by molar-refractivity contribution is 6.44. The molecule has 0 aliphatic rings. The Morgan fingerprint density at radius 1 is 0.760 bits per heavy atom. The van der Waals surface area contributed by atoms with E-state index in [1.807, 2.05) is 13.0 Å². The van der Waals surface area contributed by atoms with E-state index in [-0.39, 0.29) is 0 Å². The molecule has 0 aliphatic carbocycles. The van der Waals surface area contributed by atoms with Crippen molar-refractivity contribution in [1.82, 2.24) is 0 Å². The molecule has 0 unspecified atom stereocenters. The zero-order chi connectivity index (χ0) is 18.4. The SMILES string of the molecule is COc1ccc(NC(=O)C(=O)Nc2cc(C)ccc2OC)c(OC)c1. The number of methoxy groups -OCH3 is 3. The maximum absolute atomic E-state index is 12.2.